The molecule has 1 heterocycles. The fourth-order valence-corrected chi connectivity index (χ4v) is 5.02. The molecular formula is C18H19ClN2O4S. The van der Waals surface area contributed by atoms with Gasteiger partial charge in [0.2, 0.25) is 15.9 Å². The topological polar surface area (TPSA) is 75.7 Å². The van der Waals surface area contributed by atoms with E-state index in [1.165, 1.54) is 24.4 Å². The van der Waals surface area contributed by atoms with Gasteiger partial charge in [-0.2, -0.15) is 0 Å². The Labute approximate surface area is 157 Å². The highest BCUT2D eigenvalue weighted by molar-refractivity contribution is 7.95. The lowest BCUT2D eigenvalue weighted by molar-refractivity contribution is -0.118. The molecule has 1 amide bonds. The van der Waals surface area contributed by atoms with Crippen LogP contribution in [0, 0.1) is 0 Å². The summed E-state index contributed by atoms with van der Waals surface area (Å²) >= 11 is 6.06. The number of rotatable bonds is 4. The Kier molecular flexibility index (Phi) is 4.86. The number of nitrogens with one attached hydrogen (secondary N) is 1. The van der Waals surface area contributed by atoms with Crippen LogP contribution in [0.3, 0.4) is 0 Å². The maximum absolute atomic E-state index is 13.0. The van der Waals surface area contributed by atoms with Gasteiger partial charge in [-0.05, 0) is 43.7 Å². The number of halogens is 1. The minimum atomic E-state index is -3.86. The smallest absolute Gasteiger partial charge is 0.249 e. The molecule has 1 aliphatic rings. The number of ether oxygens (including phenoxy) is 1. The minimum absolute atomic E-state index is 0.194. The second kappa shape index (κ2) is 6.81. The summed E-state index contributed by atoms with van der Waals surface area (Å²) < 4.78 is 30.9. The predicted molar refractivity (Wildman–Crippen MR) is 102 cm³/mol. The molecular weight excluding hydrogens is 376 g/mol. The van der Waals surface area contributed by atoms with Crippen molar-refractivity contribution in [3.8, 4) is 5.75 Å². The number of hydrogen-bond acceptors (Lipinski definition) is 4. The summed E-state index contributed by atoms with van der Waals surface area (Å²) in [5.74, 6) is -0.114. The molecule has 1 N–H and O–H groups in total. The summed E-state index contributed by atoms with van der Waals surface area (Å²) in [4.78, 5) is 12.8. The van der Waals surface area contributed by atoms with Gasteiger partial charge >= 0.3 is 0 Å². The highest BCUT2D eigenvalue weighted by Gasteiger charge is 2.54. The van der Waals surface area contributed by atoms with Crippen molar-refractivity contribution in [2.24, 2.45) is 0 Å². The van der Waals surface area contributed by atoms with E-state index >= 15 is 0 Å². The third-order valence-electron chi connectivity index (χ3n) is 4.59. The number of hydrogen-bond donors (Lipinski definition) is 1. The molecule has 0 aliphatic carbocycles. The molecule has 0 spiro atoms. The first kappa shape index (κ1) is 18.5. The van der Waals surface area contributed by atoms with Gasteiger partial charge in [0.15, 0.2) is 4.75 Å². The Morgan fingerprint density at radius 2 is 1.92 bits per heavy atom. The highest BCUT2D eigenvalue weighted by Crippen LogP contribution is 2.37. The Morgan fingerprint density at radius 3 is 2.54 bits per heavy atom. The summed E-state index contributed by atoms with van der Waals surface area (Å²) in [6.07, 6.45) is 0.194. The normalized spacial score (nSPS) is 21.4. The average Bonchev–Trinajstić information content (AvgIpc) is 2.86. The van der Waals surface area contributed by atoms with E-state index in [0.717, 1.165) is 0 Å². The van der Waals surface area contributed by atoms with Crippen LogP contribution in [0.1, 0.15) is 13.3 Å². The van der Waals surface area contributed by atoms with Gasteiger partial charge < -0.3 is 10.1 Å². The molecule has 3 rings (SSSR count). The lowest BCUT2D eigenvalue weighted by Gasteiger charge is -2.25. The van der Waals surface area contributed by atoms with Gasteiger partial charge in [-0.15, -0.1) is 0 Å². The molecule has 26 heavy (non-hydrogen) atoms. The number of carbonyl (C=O) groups excluding carboxylic acids is 1. The van der Waals surface area contributed by atoms with Crippen molar-refractivity contribution in [2.45, 2.75) is 18.1 Å². The number of nitrogens with zero attached hydrogens (tertiary/aromatic N) is 1. The average molecular weight is 395 g/mol. The lowest BCUT2D eigenvalue weighted by atomic mass is 10.1. The van der Waals surface area contributed by atoms with E-state index in [4.69, 9.17) is 16.3 Å². The van der Waals surface area contributed by atoms with Crippen LogP contribution in [0.5, 0.6) is 5.75 Å². The molecule has 138 valence electrons. The van der Waals surface area contributed by atoms with Crippen molar-refractivity contribution in [1.29, 1.82) is 0 Å². The minimum Gasteiger partial charge on any atom is -0.495 e. The molecule has 0 aromatic heterocycles. The maximum Gasteiger partial charge on any atom is 0.249 e. The number of anilines is 2. The number of carbonyl (C=O) groups is 1. The summed E-state index contributed by atoms with van der Waals surface area (Å²) in [7, 11) is -2.37. The highest BCUT2D eigenvalue weighted by atomic mass is 35.5. The zero-order valence-corrected chi connectivity index (χ0v) is 16.0. The Hall–Kier alpha value is -2.25. The van der Waals surface area contributed by atoms with Gasteiger partial charge in [0.05, 0.1) is 17.8 Å². The molecule has 2 aromatic carbocycles. The quantitative estimate of drug-likeness (QED) is 0.863. The van der Waals surface area contributed by atoms with Crippen molar-refractivity contribution >= 4 is 38.9 Å². The first-order valence-corrected chi connectivity index (χ1v) is 9.84. The summed E-state index contributed by atoms with van der Waals surface area (Å²) in [5, 5.41) is 2.99. The Balaban J connectivity index is 1.86. The van der Waals surface area contributed by atoms with Crippen LogP contribution in [0.25, 0.3) is 0 Å². The van der Waals surface area contributed by atoms with Crippen molar-refractivity contribution in [2.75, 3.05) is 23.3 Å². The molecule has 8 heteroatoms. The van der Waals surface area contributed by atoms with Crippen LogP contribution >= 0.6 is 11.6 Å². The SMILES string of the molecule is COc1ccc(NC(=O)[C@@]2(C)CCN(c3ccccc3)S2(=O)=O)cc1Cl. The molecule has 1 aliphatic heterocycles. The van der Waals surface area contributed by atoms with E-state index < -0.39 is 20.7 Å². The van der Waals surface area contributed by atoms with Crippen LogP contribution in [-0.2, 0) is 14.8 Å². The number of methoxy groups -OCH3 is 1. The zero-order valence-electron chi connectivity index (χ0n) is 14.4. The second-order valence-electron chi connectivity index (χ2n) is 6.20. The third kappa shape index (κ3) is 3.01. The summed E-state index contributed by atoms with van der Waals surface area (Å²) in [5.41, 5.74) is 0.965. The molecule has 0 radical (unpaired) electrons. The Bertz CT molecular complexity index is 933. The fraction of sp³-hybridized carbons (Fsp3) is 0.278. The monoisotopic (exact) mass is 394 g/mol. The number of sulfonamides is 1. The zero-order chi connectivity index (χ0) is 18.9. The first-order chi connectivity index (χ1) is 12.3. The fourth-order valence-electron chi connectivity index (χ4n) is 2.91. The summed E-state index contributed by atoms with van der Waals surface area (Å²) in [6.45, 7) is 1.70. The largest absolute Gasteiger partial charge is 0.495 e. The molecule has 0 saturated carbocycles. The standard InChI is InChI=1S/C18H19ClN2O4S/c1-18(17(22)20-13-8-9-16(25-2)15(19)12-13)10-11-21(26(18,23)24)14-6-4-3-5-7-14/h3-9,12H,10-11H2,1-2H3,(H,20,22)/t18-/m1/s1. The molecule has 0 unspecified atom stereocenters. The summed E-state index contributed by atoms with van der Waals surface area (Å²) in [6, 6.07) is 13.5. The van der Waals surface area contributed by atoms with Crippen LogP contribution in [0.15, 0.2) is 48.5 Å². The molecule has 6 nitrogen and oxygen atoms in total. The third-order valence-corrected chi connectivity index (χ3v) is 7.38. The van der Waals surface area contributed by atoms with Crippen LogP contribution < -0.4 is 14.4 Å². The van der Waals surface area contributed by atoms with Gasteiger partial charge in [0.25, 0.3) is 0 Å². The number of benzene rings is 2. The van der Waals surface area contributed by atoms with Crippen molar-refractivity contribution in [1.82, 2.24) is 0 Å². The predicted octanol–water partition coefficient (Wildman–Crippen LogP) is 3.29. The second-order valence-corrected chi connectivity index (χ2v) is 8.90. The van der Waals surface area contributed by atoms with Crippen LogP contribution in [0.4, 0.5) is 11.4 Å². The van der Waals surface area contributed by atoms with Gasteiger partial charge in [0.1, 0.15) is 5.75 Å². The van der Waals surface area contributed by atoms with E-state index in [2.05, 4.69) is 5.32 Å². The van der Waals surface area contributed by atoms with E-state index in [1.807, 2.05) is 6.07 Å². The number of para-hydroxylation sites is 1. The first-order valence-electron chi connectivity index (χ1n) is 8.02. The molecule has 1 saturated heterocycles. The van der Waals surface area contributed by atoms with Crippen LogP contribution in [-0.4, -0.2) is 32.7 Å². The number of amides is 1. The van der Waals surface area contributed by atoms with E-state index in [-0.39, 0.29) is 13.0 Å². The van der Waals surface area contributed by atoms with E-state index in [0.29, 0.717) is 22.1 Å². The van der Waals surface area contributed by atoms with Crippen molar-refractivity contribution in [3.63, 3.8) is 0 Å². The van der Waals surface area contributed by atoms with Gasteiger partial charge in [0, 0.05) is 12.2 Å². The van der Waals surface area contributed by atoms with E-state index in [9.17, 15) is 13.2 Å². The molecule has 1 atom stereocenters. The van der Waals surface area contributed by atoms with Crippen molar-refractivity contribution < 1.29 is 17.9 Å². The van der Waals surface area contributed by atoms with Gasteiger partial charge in [-0.1, -0.05) is 29.8 Å². The maximum atomic E-state index is 13.0. The molecule has 2 aromatic rings. The van der Waals surface area contributed by atoms with Crippen molar-refractivity contribution in [3.05, 3.63) is 53.6 Å². The lowest BCUT2D eigenvalue weighted by Crippen LogP contribution is -2.47. The van der Waals surface area contributed by atoms with E-state index in [1.54, 1.807) is 36.4 Å². The van der Waals surface area contributed by atoms with Gasteiger partial charge in [-0.3, -0.25) is 9.10 Å². The Morgan fingerprint density at radius 1 is 1.23 bits per heavy atom. The molecule has 0 bridgehead atoms. The van der Waals surface area contributed by atoms with Gasteiger partial charge in [-0.25, -0.2) is 8.42 Å². The molecule has 1 fully saturated rings. The van der Waals surface area contributed by atoms with Crippen LogP contribution in [0.2, 0.25) is 5.02 Å².